The minimum atomic E-state index is -0.166. The van der Waals surface area contributed by atoms with Crippen molar-refractivity contribution < 1.29 is 4.79 Å². The summed E-state index contributed by atoms with van der Waals surface area (Å²) >= 11 is 12.1. The normalized spacial score (nSPS) is 14.9. The van der Waals surface area contributed by atoms with Crippen LogP contribution in [0.1, 0.15) is 16.2 Å². The lowest BCUT2D eigenvalue weighted by Crippen LogP contribution is -2.49. The van der Waals surface area contributed by atoms with E-state index in [0.29, 0.717) is 31.7 Å². The average Bonchev–Trinajstić information content (AvgIpc) is 2.55. The molecule has 2 aromatic heterocycles. The number of amides is 1. The first-order valence-electron chi connectivity index (χ1n) is 7.19. The predicted molar refractivity (Wildman–Crippen MR) is 89.1 cm³/mol. The molecule has 0 saturated carbocycles. The van der Waals surface area contributed by atoms with Crippen LogP contribution in [0.25, 0.3) is 0 Å². The van der Waals surface area contributed by atoms with Gasteiger partial charge in [0, 0.05) is 44.8 Å². The third-order valence-electron chi connectivity index (χ3n) is 3.72. The van der Waals surface area contributed by atoms with Crippen molar-refractivity contribution in [2.75, 3.05) is 31.1 Å². The van der Waals surface area contributed by atoms with Gasteiger partial charge in [-0.1, -0.05) is 23.2 Å². The van der Waals surface area contributed by atoms with E-state index in [1.54, 1.807) is 11.1 Å². The Morgan fingerprint density at radius 3 is 2.39 bits per heavy atom. The van der Waals surface area contributed by atoms with Gasteiger partial charge in [0.15, 0.2) is 0 Å². The number of halogens is 2. The van der Waals surface area contributed by atoms with Crippen LogP contribution in [0.2, 0.25) is 10.0 Å². The molecule has 1 amide bonds. The summed E-state index contributed by atoms with van der Waals surface area (Å²) < 4.78 is 0. The second kappa shape index (κ2) is 6.68. The van der Waals surface area contributed by atoms with E-state index in [-0.39, 0.29) is 16.0 Å². The van der Waals surface area contributed by atoms with Gasteiger partial charge >= 0.3 is 0 Å². The van der Waals surface area contributed by atoms with Crippen molar-refractivity contribution in [2.24, 2.45) is 0 Å². The highest BCUT2D eigenvalue weighted by molar-refractivity contribution is 6.39. The molecule has 1 aliphatic rings. The highest BCUT2D eigenvalue weighted by atomic mass is 35.5. The number of anilines is 1. The van der Waals surface area contributed by atoms with Gasteiger partial charge in [0.25, 0.3) is 5.91 Å². The smallest absolute Gasteiger partial charge is 0.257 e. The molecule has 0 spiro atoms. The lowest BCUT2D eigenvalue weighted by atomic mass is 10.2. The number of pyridine rings is 1. The largest absolute Gasteiger partial charge is 0.353 e. The Morgan fingerprint density at radius 2 is 1.78 bits per heavy atom. The molecular formula is C15H15Cl2N5O. The van der Waals surface area contributed by atoms with Gasteiger partial charge < -0.3 is 9.80 Å². The quantitative estimate of drug-likeness (QED) is 0.831. The number of nitrogens with zero attached hydrogens (tertiary/aromatic N) is 5. The molecule has 0 unspecified atom stereocenters. The zero-order chi connectivity index (χ0) is 16.4. The second-order valence-electron chi connectivity index (χ2n) is 5.22. The topological polar surface area (TPSA) is 62.2 Å². The van der Waals surface area contributed by atoms with Crippen LogP contribution < -0.4 is 4.90 Å². The number of aryl methyl sites for hydroxylation is 1. The molecule has 0 radical (unpaired) electrons. The van der Waals surface area contributed by atoms with Gasteiger partial charge in [-0.3, -0.25) is 9.78 Å². The maximum Gasteiger partial charge on any atom is 0.257 e. The molecular weight excluding hydrogens is 337 g/mol. The Bertz CT molecular complexity index is 711. The third kappa shape index (κ3) is 3.38. The fourth-order valence-corrected chi connectivity index (χ4v) is 3.06. The first-order chi connectivity index (χ1) is 11.1. The molecule has 0 aliphatic carbocycles. The Balaban J connectivity index is 1.70. The molecule has 0 aromatic carbocycles. The van der Waals surface area contributed by atoms with Gasteiger partial charge in [0.1, 0.15) is 11.6 Å². The summed E-state index contributed by atoms with van der Waals surface area (Å²) in [5.41, 5.74) is 0.315. The summed E-state index contributed by atoms with van der Waals surface area (Å²) in [7, 11) is 0. The predicted octanol–water partition coefficient (Wildman–Crippen LogP) is 2.45. The number of aromatic nitrogens is 3. The van der Waals surface area contributed by atoms with Crippen LogP contribution in [0.15, 0.2) is 24.7 Å². The van der Waals surface area contributed by atoms with Crippen LogP contribution in [-0.4, -0.2) is 51.9 Å². The maximum atomic E-state index is 12.6. The van der Waals surface area contributed by atoms with Crippen molar-refractivity contribution in [1.29, 1.82) is 0 Å². The van der Waals surface area contributed by atoms with Crippen molar-refractivity contribution in [1.82, 2.24) is 19.9 Å². The number of carbonyl (C=O) groups excluding carboxylic acids is 1. The second-order valence-corrected chi connectivity index (χ2v) is 6.03. The van der Waals surface area contributed by atoms with E-state index in [4.69, 9.17) is 23.2 Å². The summed E-state index contributed by atoms with van der Waals surface area (Å²) in [5.74, 6) is 1.45. The summed E-state index contributed by atoms with van der Waals surface area (Å²) in [6.45, 7) is 4.41. The van der Waals surface area contributed by atoms with Crippen LogP contribution in [0, 0.1) is 6.92 Å². The fourth-order valence-electron chi connectivity index (χ4n) is 2.53. The average molecular weight is 352 g/mol. The molecule has 120 valence electrons. The minimum Gasteiger partial charge on any atom is -0.353 e. The summed E-state index contributed by atoms with van der Waals surface area (Å²) in [6, 6.07) is 1.88. The highest BCUT2D eigenvalue weighted by Gasteiger charge is 2.26. The first-order valence-corrected chi connectivity index (χ1v) is 7.94. The van der Waals surface area contributed by atoms with Gasteiger partial charge in [0.05, 0.1) is 15.6 Å². The Labute approximate surface area is 144 Å². The van der Waals surface area contributed by atoms with E-state index in [0.717, 1.165) is 11.6 Å². The number of hydrogen-bond donors (Lipinski definition) is 0. The van der Waals surface area contributed by atoms with E-state index in [1.165, 1.54) is 12.4 Å². The molecule has 0 atom stereocenters. The van der Waals surface area contributed by atoms with Crippen LogP contribution in [0.4, 0.5) is 5.82 Å². The fraction of sp³-hybridized carbons (Fsp3) is 0.333. The van der Waals surface area contributed by atoms with Crippen molar-refractivity contribution in [3.8, 4) is 0 Å². The van der Waals surface area contributed by atoms with E-state index < -0.39 is 0 Å². The van der Waals surface area contributed by atoms with E-state index in [1.807, 2.05) is 13.0 Å². The summed E-state index contributed by atoms with van der Waals surface area (Å²) in [4.78, 5) is 28.9. The van der Waals surface area contributed by atoms with Crippen LogP contribution in [0.3, 0.4) is 0 Å². The minimum absolute atomic E-state index is 0.166. The molecule has 0 bridgehead atoms. The molecule has 8 heteroatoms. The van der Waals surface area contributed by atoms with Crippen LogP contribution >= 0.6 is 23.2 Å². The molecule has 1 fully saturated rings. The molecule has 23 heavy (non-hydrogen) atoms. The lowest BCUT2D eigenvalue weighted by Gasteiger charge is -2.35. The maximum absolute atomic E-state index is 12.6. The van der Waals surface area contributed by atoms with Gasteiger partial charge in [-0.25, -0.2) is 9.97 Å². The van der Waals surface area contributed by atoms with Crippen molar-refractivity contribution in [3.63, 3.8) is 0 Å². The number of hydrogen-bond acceptors (Lipinski definition) is 5. The molecule has 0 N–H and O–H groups in total. The molecule has 3 rings (SSSR count). The Hall–Kier alpha value is -1.92. The Morgan fingerprint density at radius 1 is 1.13 bits per heavy atom. The molecule has 1 saturated heterocycles. The highest BCUT2D eigenvalue weighted by Crippen LogP contribution is 2.25. The number of carbonyl (C=O) groups is 1. The molecule has 2 aromatic rings. The zero-order valence-electron chi connectivity index (χ0n) is 12.5. The van der Waals surface area contributed by atoms with E-state index >= 15 is 0 Å². The SMILES string of the molecule is Cc1nccc(N2CCN(C(=O)c3c(Cl)cncc3Cl)CC2)n1. The summed E-state index contributed by atoms with van der Waals surface area (Å²) in [6.07, 6.45) is 4.60. The van der Waals surface area contributed by atoms with Gasteiger partial charge in [-0.15, -0.1) is 0 Å². The van der Waals surface area contributed by atoms with Crippen LogP contribution in [-0.2, 0) is 0 Å². The number of rotatable bonds is 2. The lowest BCUT2D eigenvalue weighted by molar-refractivity contribution is 0.0746. The zero-order valence-corrected chi connectivity index (χ0v) is 14.0. The number of piperazine rings is 1. The van der Waals surface area contributed by atoms with Gasteiger partial charge in [-0.2, -0.15) is 0 Å². The first kappa shape index (κ1) is 16.0. The van der Waals surface area contributed by atoms with Crippen LogP contribution in [0.5, 0.6) is 0 Å². The van der Waals surface area contributed by atoms with Crippen molar-refractivity contribution >= 4 is 34.9 Å². The van der Waals surface area contributed by atoms with E-state index in [9.17, 15) is 4.79 Å². The summed E-state index contributed by atoms with van der Waals surface area (Å²) in [5, 5.41) is 0.549. The Kier molecular flexibility index (Phi) is 4.63. The van der Waals surface area contributed by atoms with Crippen molar-refractivity contribution in [2.45, 2.75) is 6.92 Å². The standard InChI is InChI=1S/C15H15Cl2N5O/c1-10-19-3-2-13(20-10)21-4-6-22(7-5-21)15(23)14-11(16)8-18-9-12(14)17/h2-3,8-9H,4-7H2,1H3. The van der Waals surface area contributed by atoms with E-state index in [2.05, 4.69) is 19.9 Å². The van der Waals surface area contributed by atoms with Crippen molar-refractivity contribution in [3.05, 3.63) is 46.1 Å². The van der Waals surface area contributed by atoms with Gasteiger partial charge in [0.2, 0.25) is 0 Å². The molecule has 1 aliphatic heterocycles. The van der Waals surface area contributed by atoms with Gasteiger partial charge in [-0.05, 0) is 13.0 Å². The monoisotopic (exact) mass is 351 g/mol. The molecule has 6 nitrogen and oxygen atoms in total. The third-order valence-corrected chi connectivity index (χ3v) is 4.29. The molecule has 3 heterocycles.